The first-order chi connectivity index (χ1) is 9.20. The van der Waals surface area contributed by atoms with Crippen molar-refractivity contribution in [2.24, 2.45) is 5.92 Å². The molecule has 0 bridgehead atoms. The van der Waals surface area contributed by atoms with Crippen LogP contribution in [0.2, 0.25) is 0 Å². The van der Waals surface area contributed by atoms with Crippen molar-refractivity contribution in [3.63, 3.8) is 0 Å². The van der Waals surface area contributed by atoms with Crippen molar-refractivity contribution < 1.29 is 9.47 Å². The Kier molecular flexibility index (Phi) is 2.94. The van der Waals surface area contributed by atoms with Crippen LogP contribution >= 0.6 is 0 Å². The van der Waals surface area contributed by atoms with Gasteiger partial charge in [0.2, 0.25) is 0 Å². The van der Waals surface area contributed by atoms with Gasteiger partial charge in [-0.1, -0.05) is 38.1 Å². The molecule has 1 aliphatic carbocycles. The summed E-state index contributed by atoms with van der Waals surface area (Å²) in [6.07, 6.45) is 2.12. The van der Waals surface area contributed by atoms with Gasteiger partial charge in [-0.05, 0) is 23.6 Å². The van der Waals surface area contributed by atoms with E-state index in [1.54, 1.807) is 7.11 Å². The van der Waals surface area contributed by atoms with Gasteiger partial charge >= 0.3 is 0 Å². The quantitative estimate of drug-likeness (QED) is 0.808. The Morgan fingerprint density at radius 1 is 1.11 bits per heavy atom. The molecule has 0 saturated carbocycles. The van der Waals surface area contributed by atoms with E-state index in [1.807, 2.05) is 6.07 Å². The second-order valence-corrected chi connectivity index (χ2v) is 5.30. The third-order valence-corrected chi connectivity index (χ3v) is 3.38. The van der Waals surface area contributed by atoms with Crippen LogP contribution in [0.1, 0.15) is 25.0 Å². The van der Waals surface area contributed by atoms with Crippen molar-refractivity contribution in [3.05, 3.63) is 41.5 Å². The maximum atomic E-state index is 5.93. The Morgan fingerprint density at radius 2 is 1.95 bits per heavy atom. The fourth-order valence-corrected chi connectivity index (χ4v) is 2.51. The van der Waals surface area contributed by atoms with Crippen LogP contribution in [0.4, 0.5) is 0 Å². The Bertz CT molecular complexity index is 654. The molecular weight excluding hydrogens is 236 g/mol. The van der Waals surface area contributed by atoms with E-state index in [0.717, 1.165) is 23.5 Å². The highest BCUT2D eigenvalue weighted by atomic mass is 16.5. The molecule has 0 radical (unpaired) electrons. The van der Waals surface area contributed by atoms with Crippen molar-refractivity contribution in [2.45, 2.75) is 13.8 Å². The Morgan fingerprint density at radius 3 is 2.68 bits per heavy atom. The summed E-state index contributed by atoms with van der Waals surface area (Å²) in [5, 5.41) is 2.39. The summed E-state index contributed by atoms with van der Waals surface area (Å²) in [5.74, 6) is 2.42. The lowest BCUT2D eigenvalue weighted by atomic mass is 10.0. The zero-order valence-electron chi connectivity index (χ0n) is 11.6. The van der Waals surface area contributed by atoms with Crippen molar-refractivity contribution in [2.75, 3.05) is 13.7 Å². The van der Waals surface area contributed by atoms with Crippen LogP contribution in [0.5, 0.6) is 5.75 Å². The van der Waals surface area contributed by atoms with E-state index in [4.69, 9.17) is 9.47 Å². The normalized spacial score (nSPS) is 12.9. The lowest BCUT2D eigenvalue weighted by molar-refractivity contribution is 0.237. The summed E-state index contributed by atoms with van der Waals surface area (Å²) in [6, 6.07) is 10.4. The second-order valence-electron chi connectivity index (χ2n) is 5.30. The third kappa shape index (κ3) is 1.97. The standard InChI is InChI=1S/C17H18O2/c1-11(2)10-19-16-9-12-7-8-15(18-3)13-5-4-6-14(16)17(12)13/h4-9,11H,10H2,1-3H3. The monoisotopic (exact) mass is 254 g/mol. The molecule has 2 aromatic carbocycles. The number of benzene rings is 2. The Hall–Kier alpha value is -1.96. The molecular formula is C17H18O2. The summed E-state index contributed by atoms with van der Waals surface area (Å²) in [6.45, 7) is 5.06. The summed E-state index contributed by atoms with van der Waals surface area (Å²) < 4.78 is 11.4. The molecule has 0 unspecified atom stereocenters. The van der Waals surface area contributed by atoms with Crippen LogP contribution in [0, 0.1) is 5.92 Å². The van der Waals surface area contributed by atoms with Crippen molar-refractivity contribution in [1.82, 2.24) is 0 Å². The molecule has 1 aliphatic rings. The molecule has 0 heterocycles. The first-order valence-electron chi connectivity index (χ1n) is 6.65. The van der Waals surface area contributed by atoms with Gasteiger partial charge in [0.1, 0.15) is 11.5 Å². The van der Waals surface area contributed by atoms with Crippen LogP contribution < -0.4 is 4.74 Å². The number of hydrogen-bond donors (Lipinski definition) is 0. The summed E-state index contributed by atoms with van der Waals surface area (Å²) >= 11 is 0. The molecule has 3 rings (SSSR count). The van der Waals surface area contributed by atoms with Gasteiger partial charge in [0.05, 0.1) is 13.7 Å². The second kappa shape index (κ2) is 4.61. The highest BCUT2D eigenvalue weighted by Crippen LogP contribution is 2.40. The molecule has 0 aromatic heterocycles. The number of ether oxygens (including phenoxy) is 2. The SMILES string of the molecule is COc1ccc2c3c(cccc13)C(OCC(C)C)=C2. The molecule has 19 heavy (non-hydrogen) atoms. The maximum absolute atomic E-state index is 5.93. The van der Waals surface area contributed by atoms with Gasteiger partial charge in [0.25, 0.3) is 0 Å². The number of rotatable bonds is 4. The fourth-order valence-electron chi connectivity index (χ4n) is 2.51. The van der Waals surface area contributed by atoms with Gasteiger partial charge in [0.15, 0.2) is 0 Å². The van der Waals surface area contributed by atoms with Crippen LogP contribution in [-0.2, 0) is 4.74 Å². The van der Waals surface area contributed by atoms with E-state index >= 15 is 0 Å². The van der Waals surface area contributed by atoms with Gasteiger partial charge < -0.3 is 9.47 Å². The largest absolute Gasteiger partial charge is 0.496 e. The fraction of sp³-hybridized carbons (Fsp3) is 0.294. The van der Waals surface area contributed by atoms with Gasteiger partial charge in [-0.15, -0.1) is 0 Å². The summed E-state index contributed by atoms with van der Waals surface area (Å²) in [5.41, 5.74) is 2.39. The molecule has 0 spiro atoms. The Balaban J connectivity index is 2.09. The molecule has 2 nitrogen and oxygen atoms in total. The van der Waals surface area contributed by atoms with Gasteiger partial charge in [-0.3, -0.25) is 0 Å². The molecule has 0 saturated heterocycles. The molecule has 2 heteroatoms. The Labute approximate surface area is 113 Å². The van der Waals surface area contributed by atoms with Gasteiger partial charge in [-0.25, -0.2) is 0 Å². The number of methoxy groups -OCH3 is 1. The lowest BCUT2D eigenvalue weighted by Gasteiger charge is -2.11. The molecule has 0 N–H and O–H groups in total. The predicted octanol–water partition coefficient (Wildman–Crippen LogP) is 4.33. The zero-order chi connectivity index (χ0) is 13.4. The smallest absolute Gasteiger partial charge is 0.127 e. The minimum Gasteiger partial charge on any atom is -0.496 e. The molecule has 0 fully saturated rings. The lowest BCUT2D eigenvalue weighted by Crippen LogP contribution is -2.00. The van der Waals surface area contributed by atoms with E-state index in [1.165, 1.54) is 16.5 Å². The van der Waals surface area contributed by atoms with E-state index in [-0.39, 0.29) is 0 Å². The highest BCUT2D eigenvalue weighted by molar-refractivity contribution is 6.09. The molecule has 0 atom stereocenters. The van der Waals surface area contributed by atoms with Crippen LogP contribution in [-0.4, -0.2) is 13.7 Å². The van der Waals surface area contributed by atoms with Crippen molar-refractivity contribution in [1.29, 1.82) is 0 Å². The first-order valence-corrected chi connectivity index (χ1v) is 6.65. The van der Waals surface area contributed by atoms with E-state index in [2.05, 4.69) is 44.2 Å². The molecule has 2 aromatic rings. The van der Waals surface area contributed by atoms with Crippen molar-refractivity contribution in [3.8, 4) is 5.75 Å². The van der Waals surface area contributed by atoms with Crippen LogP contribution in [0.25, 0.3) is 22.6 Å². The van der Waals surface area contributed by atoms with E-state index in [9.17, 15) is 0 Å². The van der Waals surface area contributed by atoms with Gasteiger partial charge in [0, 0.05) is 16.3 Å². The molecule has 98 valence electrons. The third-order valence-electron chi connectivity index (χ3n) is 3.38. The topological polar surface area (TPSA) is 18.5 Å². The van der Waals surface area contributed by atoms with Gasteiger partial charge in [-0.2, -0.15) is 0 Å². The molecule has 0 amide bonds. The minimum atomic E-state index is 0.526. The van der Waals surface area contributed by atoms with E-state index < -0.39 is 0 Å². The first kappa shape index (κ1) is 12.1. The summed E-state index contributed by atoms with van der Waals surface area (Å²) in [7, 11) is 1.71. The van der Waals surface area contributed by atoms with E-state index in [0.29, 0.717) is 5.92 Å². The maximum Gasteiger partial charge on any atom is 0.127 e. The van der Waals surface area contributed by atoms with Crippen molar-refractivity contribution >= 4 is 22.6 Å². The summed E-state index contributed by atoms with van der Waals surface area (Å²) in [4.78, 5) is 0. The highest BCUT2D eigenvalue weighted by Gasteiger charge is 2.19. The van der Waals surface area contributed by atoms with Crippen LogP contribution in [0.3, 0.4) is 0 Å². The number of hydrogen-bond acceptors (Lipinski definition) is 2. The predicted molar refractivity (Wildman–Crippen MR) is 79.2 cm³/mol. The minimum absolute atomic E-state index is 0.526. The zero-order valence-corrected chi connectivity index (χ0v) is 11.6. The average molecular weight is 254 g/mol. The average Bonchev–Trinajstić information content (AvgIpc) is 2.77. The van der Waals surface area contributed by atoms with Crippen LogP contribution in [0.15, 0.2) is 30.3 Å². The molecule has 0 aliphatic heterocycles.